The third-order valence-electron chi connectivity index (χ3n) is 2.87. The highest BCUT2D eigenvalue weighted by Crippen LogP contribution is 2.30. The first-order chi connectivity index (χ1) is 9.36. The maximum atomic E-state index is 12.5. The fourth-order valence-electron chi connectivity index (χ4n) is 1.87. The van der Waals surface area contributed by atoms with E-state index in [1.165, 1.54) is 12.1 Å². The van der Waals surface area contributed by atoms with E-state index in [4.69, 9.17) is 0 Å². The molecule has 106 valence electrons. The number of hydrogen-bond acceptors (Lipinski definition) is 2. The van der Waals surface area contributed by atoms with Gasteiger partial charge < -0.3 is 5.11 Å². The summed E-state index contributed by atoms with van der Waals surface area (Å²) in [6.07, 6.45) is -2.75. The predicted molar refractivity (Wildman–Crippen MR) is 70.1 cm³/mol. The van der Waals surface area contributed by atoms with Crippen molar-refractivity contribution in [1.82, 2.24) is 4.98 Å². The van der Waals surface area contributed by atoms with Gasteiger partial charge in [0.05, 0.1) is 11.7 Å². The topological polar surface area (TPSA) is 33.1 Å². The van der Waals surface area contributed by atoms with Gasteiger partial charge in [-0.2, -0.15) is 13.2 Å². The van der Waals surface area contributed by atoms with Gasteiger partial charge in [-0.1, -0.05) is 18.2 Å². The Kier molecular flexibility index (Phi) is 4.09. The molecule has 2 nitrogen and oxygen atoms in total. The Hall–Kier alpha value is -1.88. The smallest absolute Gasteiger partial charge is 0.393 e. The SMILES string of the molecule is CC(O)Cc1ccc(-c2ccc(C(F)(F)F)cc2)cn1. The third-order valence-corrected chi connectivity index (χ3v) is 2.87. The van der Waals surface area contributed by atoms with Gasteiger partial charge in [0.1, 0.15) is 0 Å². The fourth-order valence-corrected chi connectivity index (χ4v) is 1.87. The normalized spacial score (nSPS) is 13.2. The van der Waals surface area contributed by atoms with Crippen LogP contribution in [0.1, 0.15) is 18.2 Å². The molecule has 5 heteroatoms. The Balaban J connectivity index is 2.19. The van der Waals surface area contributed by atoms with Gasteiger partial charge >= 0.3 is 6.18 Å². The lowest BCUT2D eigenvalue weighted by Crippen LogP contribution is -2.05. The molecule has 0 aliphatic heterocycles. The van der Waals surface area contributed by atoms with Crippen molar-refractivity contribution in [2.24, 2.45) is 0 Å². The molecule has 0 radical (unpaired) electrons. The summed E-state index contributed by atoms with van der Waals surface area (Å²) in [5.41, 5.74) is 1.50. The minimum Gasteiger partial charge on any atom is -0.393 e. The zero-order chi connectivity index (χ0) is 14.8. The van der Waals surface area contributed by atoms with Gasteiger partial charge in [-0.15, -0.1) is 0 Å². The number of alkyl halides is 3. The molecule has 2 aromatic rings. The van der Waals surface area contributed by atoms with Crippen LogP contribution in [0.25, 0.3) is 11.1 Å². The minimum atomic E-state index is -4.32. The highest BCUT2D eigenvalue weighted by molar-refractivity contribution is 5.62. The quantitative estimate of drug-likeness (QED) is 0.930. The van der Waals surface area contributed by atoms with Crippen molar-refractivity contribution < 1.29 is 18.3 Å². The Morgan fingerprint density at radius 3 is 2.10 bits per heavy atom. The van der Waals surface area contributed by atoms with Crippen molar-refractivity contribution >= 4 is 0 Å². The molecule has 0 bridgehead atoms. The Bertz CT molecular complexity index is 559. The minimum absolute atomic E-state index is 0.452. The van der Waals surface area contributed by atoms with E-state index in [2.05, 4.69) is 4.98 Å². The second-order valence-corrected chi connectivity index (χ2v) is 4.67. The van der Waals surface area contributed by atoms with E-state index in [1.807, 2.05) is 0 Å². The number of pyridine rings is 1. The summed E-state index contributed by atoms with van der Waals surface area (Å²) in [7, 11) is 0. The highest BCUT2D eigenvalue weighted by Gasteiger charge is 2.29. The molecule has 0 aliphatic rings. The van der Waals surface area contributed by atoms with Crippen LogP contribution in [-0.2, 0) is 12.6 Å². The molecule has 0 fully saturated rings. The van der Waals surface area contributed by atoms with Crippen molar-refractivity contribution in [2.75, 3.05) is 0 Å². The molecule has 1 unspecified atom stereocenters. The van der Waals surface area contributed by atoms with E-state index < -0.39 is 17.8 Å². The first-order valence-electron chi connectivity index (χ1n) is 6.17. The lowest BCUT2D eigenvalue weighted by atomic mass is 10.0. The predicted octanol–water partition coefficient (Wildman–Crippen LogP) is 3.69. The zero-order valence-electron chi connectivity index (χ0n) is 10.9. The van der Waals surface area contributed by atoms with E-state index >= 15 is 0 Å². The fraction of sp³-hybridized carbons (Fsp3) is 0.267. The summed E-state index contributed by atoms with van der Waals surface area (Å²) in [5.74, 6) is 0. The van der Waals surface area contributed by atoms with Crippen molar-refractivity contribution in [3.63, 3.8) is 0 Å². The summed E-state index contributed by atoms with van der Waals surface area (Å²) in [6, 6.07) is 8.51. The van der Waals surface area contributed by atoms with Gasteiger partial charge in [0.15, 0.2) is 0 Å². The molecule has 1 aromatic heterocycles. The van der Waals surface area contributed by atoms with Crippen LogP contribution in [0.4, 0.5) is 13.2 Å². The standard InChI is InChI=1S/C15H14F3NO/c1-10(20)8-14-7-4-12(9-19-14)11-2-5-13(6-3-11)15(16,17)18/h2-7,9-10,20H,8H2,1H3. The average molecular weight is 281 g/mol. The van der Waals surface area contributed by atoms with E-state index in [9.17, 15) is 18.3 Å². The third kappa shape index (κ3) is 3.57. The summed E-state index contributed by atoms with van der Waals surface area (Å²) < 4.78 is 37.4. The number of halogens is 3. The van der Waals surface area contributed by atoms with Gasteiger partial charge in [-0.25, -0.2) is 0 Å². The number of nitrogens with zero attached hydrogens (tertiary/aromatic N) is 1. The van der Waals surface area contributed by atoms with Crippen LogP contribution < -0.4 is 0 Å². The second-order valence-electron chi connectivity index (χ2n) is 4.67. The van der Waals surface area contributed by atoms with Gasteiger partial charge in [0.25, 0.3) is 0 Å². The molecule has 1 N–H and O–H groups in total. The molecule has 0 aliphatic carbocycles. The van der Waals surface area contributed by atoms with E-state index in [1.54, 1.807) is 25.3 Å². The van der Waals surface area contributed by atoms with Gasteiger partial charge in [0.2, 0.25) is 0 Å². The summed E-state index contributed by atoms with van der Waals surface area (Å²) >= 11 is 0. The number of rotatable bonds is 3. The van der Waals surface area contributed by atoms with Crippen LogP contribution in [0.3, 0.4) is 0 Å². The maximum absolute atomic E-state index is 12.5. The molecule has 0 amide bonds. The van der Waals surface area contributed by atoms with Crippen molar-refractivity contribution in [3.05, 3.63) is 53.9 Å². The molecule has 1 heterocycles. The van der Waals surface area contributed by atoms with Crippen molar-refractivity contribution in [3.8, 4) is 11.1 Å². The number of aliphatic hydroxyl groups is 1. The highest BCUT2D eigenvalue weighted by atomic mass is 19.4. The van der Waals surface area contributed by atoms with E-state index in [-0.39, 0.29) is 0 Å². The molecule has 0 saturated carbocycles. The van der Waals surface area contributed by atoms with Crippen LogP contribution >= 0.6 is 0 Å². The second kappa shape index (κ2) is 5.63. The molecule has 2 rings (SSSR count). The summed E-state index contributed by atoms with van der Waals surface area (Å²) in [5, 5.41) is 9.25. The monoisotopic (exact) mass is 281 g/mol. The molecule has 1 aromatic carbocycles. The van der Waals surface area contributed by atoms with E-state index in [0.29, 0.717) is 12.0 Å². The van der Waals surface area contributed by atoms with Crippen LogP contribution in [0.15, 0.2) is 42.6 Å². The average Bonchev–Trinajstić information content (AvgIpc) is 2.38. The van der Waals surface area contributed by atoms with Crippen molar-refractivity contribution in [2.45, 2.75) is 25.6 Å². The Morgan fingerprint density at radius 1 is 1.05 bits per heavy atom. The molecule has 0 saturated heterocycles. The zero-order valence-corrected chi connectivity index (χ0v) is 10.9. The van der Waals surface area contributed by atoms with Crippen LogP contribution in [0, 0.1) is 0 Å². The lowest BCUT2D eigenvalue weighted by Gasteiger charge is -2.08. The van der Waals surface area contributed by atoms with Gasteiger partial charge in [-0.05, 0) is 30.7 Å². The van der Waals surface area contributed by atoms with Crippen LogP contribution in [-0.4, -0.2) is 16.2 Å². The first-order valence-corrected chi connectivity index (χ1v) is 6.17. The molecule has 20 heavy (non-hydrogen) atoms. The van der Waals surface area contributed by atoms with Crippen LogP contribution in [0.5, 0.6) is 0 Å². The molecule has 1 atom stereocenters. The number of aliphatic hydroxyl groups excluding tert-OH is 1. The van der Waals surface area contributed by atoms with Gasteiger partial charge in [-0.3, -0.25) is 4.98 Å². The van der Waals surface area contributed by atoms with Crippen LogP contribution in [0.2, 0.25) is 0 Å². The molecule has 0 spiro atoms. The summed E-state index contributed by atoms with van der Waals surface area (Å²) in [4.78, 5) is 4.18. The van der Waals surface area contributed by atoms with E-state index in [0.717, 1.165) is 23.4 Å². The summed E-state index contributed by atoms with van der Waals surface area (Å²) in [6.45, 7) is 1.67. The first kappa shape index (κ1) is 14.5. The number of benzene rings is 1. The largest absolute Gasteiger partial charge is 0.416 e. The maximum Gasteiger partial charge on any atom is 0.416 e. The number of hydrogen-bond donors (Lipinski definition) is 1. The van der Waals surface area contributed by atoms with Gasteiger partial charge in [0, 0.05) is 23.9 Å². The molecular weight excluding hydrogens is 267 g/mol. The Labute approximate surface area is 114 Å². The lowest BCUT2D eigenvalue weighted by molar-refractivity contribution is -0.137. The van der Waals surface area contributed by atoms with Crippen molar-refractivity contribution in [1.29, 1.82) is 0 Å². The molecular formula is C15H14F3NO. The Morgan fingerprint density at radius 2 is 1.65 bits per heavy atom. The number of aromatic nitrogens is 1.